The summed E-state index contributed by atoms with van der Waals surface area (Å²) in [6.45, 7) is 5.87. The molecule has 34 heavy (non-hydrogen) atoms. The number of amides is 2. The Labute approximate surface area is 202 Å². The van der Waals surface area contributed by atoms with Gasteiger partial charge in [-0.1, -0.05) is 32.9 Å². The summed E-state index contributed by atoms with van der Waals surface area (Å²) in [5.41, 5.74) is 8.32. The maximum Gasteiger partial charge on any atom is 0.238 e. The molecule has 1 atom stereocenters. The Hall–Kier alpha value is -3.33. The van der Waals surface area contributed by atoms with Crippen molar-refractivity contribution in [3.63, 3.8) is 0 Å². The summed E-state index contributed by atoms with van der Waals surface area (Å²) in [5.74, 6) is 0.116. The van der Waals surface area contributed by atoms with Crippen LogP contribution >= 0.6 is 11.8 Å². The van der Waals surface area contributed by atoms with Gasteiger partial charge in [-0.05, 0) is 42.0 Å². The number of carbonyl (C=O) groups excluding carboxylic acids is 2. The molecule has 2 amide bonds. The van der Waals surface area contributed by atoms with Crippen molar-refractivity contribution < 1.29 is 18.7 Å². The monoisotopic (exact) mass is 482 g/mol. The van der Waals surface area contributed by atoms with Crippen molar-refractivity contribution in [2.45, 2.75) is 31.4 Å². The minimum atomic E-state index is -0.621. The molecule has 0 fully saturated rings. The number of benzene rings is 2. The average molecular weight is 483 g/mol. The maximum atomic E-state index is 13.7. The Bertz CT molecular complexity index is 1220. The number of nitrogens with zero attached hydrogens (tertiary/aromatic N) is 3. The van der Waals surface area contributed by atoms with E-state index in [-0.39, 0.29) is 34.7 Å². The van der Waals surface area contributed by atoms with Gasteiger partial charge in [0.05, 0.1) is 29.5 Å². The van der Waals surface area contributed by atoms with Crippen molar-refractivity contribution in [2.24, 2.45) is 5.73 Å². The van der Waals surface area contributed by atoms with Gasteiger partial charge in [-0.25, -0.2) is 9.07 Å². The van der Waals surface area contributed by atoms with E-state index in [1.54, 1.807) is 23.9 Å². The molecule has 1 aliphatic heterocycles. The zero-order valence-corrected chi connectivity index (χ0v) is 20.4. The van der Waals surface area contributed by atoms with Gasteiger partial charge >= 0.3 is 0 Å². The summed E-state index contributed by atoms with van der Waals surface area (Å²) in [4.78, 5) is 26.7. The number of hydrogen-bond acceptors (Lipinski definition) is 5. The van der Waals surface area contributed by atoms with Crippen LogP contribution in [0.5, 0.6) is 5.75 Å². The van der Waals surface area contributed by atoms with E-state index in [0.717, 1.165) is 16.8 Å². The zero-order chi connectivity index (χ0) is 24.6. The lowest BCUT2D eigenvalue weighted by Gasteiger charge is -2.24. The van der Waals surface area contributed by atoms with Gasteiger partial charge in [-0.15, -0.1) is 11.8 Å². The summed E-state index contributed by atoms with van der Waals surface area (Å²) in [5, 5.41) is 4.67. The van der Waals surface area contributed by atoms with Crippen molar-refractivity contribution in [1.29, 1.82) is 0 Å². The number of rotatable bonds is 5. The van der Waals surface area contributed by atoms with Crippen LogP contribution in [0.3, 0.4) is 0 Å². The molecule has 0 bridgehead atoms. The summed E-state index contributed by atoms with van der Waals surface area (Å²) in [7, 11) is 1.59. The Balaban J connectivity index is 2.03. The topological polar surface area (TPSA) is 90.4 Å². The van der Waals surface area contributed by atoms with E-state index in [1.165, 1.54) is 28.8 Å². The molecule has 0 aliphatic carbocycles. The smallest absolute Gasteiger partial charge is 0.238 e. The zero-order valence-electron chi connectivity index (χ0n) is 19.5. The third kappa shape index (κ3) is 4.52. The van der Waals surface area contributed by atoms with Crippen LogP contribution in [-0.2, 0) is 15.0 Å². The van der Waals surface area contributed by atoms with Crippen LogP contribution in [-0.4, -0.2) is 41.0 Å². The number of aromatic nitrogens is 2. The normalized spacial score (nSPS) is 16.2. The fraction of sp³-hybridized carbons (Fsp3) is 0.320. The molecule has 2 aromatic carbocycles. The number of methoxy groups -OCH3 is 1. The van der Waals surface area contributed by atoms with Gasteiger partial charge < -0.3 is 10.5 Å². The second-order valence-electron chi connectivity index (χ2n) is 9.13. The highest BCUT2D eigenvalue weighted by Crippen LogP contribution is 2.48. The van der Waals surface area contributed by atoms with Gasteiger partial charge in [0.1, 0.15) is 23.9 Å². The lowest BCUT2D eigenvalue weighted by molar-refractivity contribution is -0.121. The summed E-state index contributed by atoms with van der Waals surface area (Å²) < 4.78 is 20.7. The van der Waals surface area contributed by atoms with Gasteiger partial charge in [0.25, 0.3) is 0 Å². The highest BCUT2D eigenvalue weighted by Gasteiger charge is 2.39. The van der Waals surface area contributed by atoms with Gasteiger partial charge in [0.15, 0.2) is 0 Å². The molecule has 2 N–H and O–H groups in total. The van der Waals surface area contributed by atoms with Crippen molar-refractivity contribution >= 4 is 29.4 Å². The van der Waals surface area contributed by atoms with Crippen LogP contribution in [0.4, 0.5) is 10.2 Å². The standard InChI is InChI=1S/C25H27FN4O3S/c1-25(2,3)23-21-22(15-5-7-16(26)8-6-15)34-14-20(32)29(13-19(27)31)24(21)30(28-23)17-9-11-18(33-4)12-10-17/h5-12,22H,13-14H2,1-4H3,(H2,27,31). The minimum Gasteiger partial charge on any atom is -0.497 e. The van der Waals surface area contributed by atoms with Crippen LogP contribution in [0.25, 0.3) is 5.69 Å². The van der Waals surface area contributed by atoms with Gasteiger partial charge in [0, 0.05) is 11.0 Å². The molecule has 0 saturated heterocycles. The predicted molar refractivity (Wildman–Crippen MR) is 131 cm³/mol. The van der Waals surface area contributed by atoms with Crippen LogP contribution in [0.2, 0.25) is 0 Å². The molecule has 0 spiro atoms. The van der Waals surface area contributed by atoms with Crippen LogP contribution < -0.4 is 15.4 Å². The third-order valence-corrected chi connectivity index (χ3v) is 6.86. The van der Waals surface area contributed by atoms with Crippen molar-refractivity contribution in [2.75, 3.05) is 24.3 Å². The van der Waals surface area contributed by atoms with E-state index in [0.29, 0.717) is 17.3 Å². The maximum absolute atomic E-state index is 13.7. The second kappa shape index (κ2) is 9.13. The minimum absolute atomic E-state index is 0.135. The molecular weight excluding hydrogens is 455 g/mol. The fourth-order valence-electron chi connectivity index (χ4n) is 4.03. The highest BCUT2D eigenvalue weighted by molar-refractivity contribution is 8.00. The first-order valence-corrected chi connectivity index (χ1v) is 11.9. The van der Waals surface area contributed by atoms with Gasteiger partial charge in [0.2, 0.25) is 11.8 Å². The SMILES string of the molecule is COc1ccc(-n2nc(C(C)(C)C)c3c2N(CC(N)=O)C(=O)CSC3c2ccc(F)cc2)cc1. The van der Waals surface area contributed by atoms with Crippen LogP contribution in [0.1, 0.15) is 42.8 Å². The number of ether oxygens (including phenoxy) is 1. The number of hydrogen-bond donors (Lipinski definition) is 1. The van der Waals surface area contributed by atoms with Crippen molar-refractivity contribution in [3.05, 3.63) is 71.2 Å². The van der Waals surface area contributed by atoms with E-state index in [4.69, 9.17) is 15.6 Å². The van der Waals surface area contributed by atoms with E-state index < -0.39 is 5.91 Å². The number of primary amides is 1. The largest absolute Gasteiger partial charge is 0.497 e. The molecule has 178 valence electrons. The average Bonchev–Trinajstić information content (AvgIpc) is 3.13. The van der Waals surface area contributed by atoms with Crippen LogP contribution in [0, 0.1) is 5.82 Å². The number of carbonyl (C=O) groups is 2. The van der Waals surface area contributed by atoms with Gasteiger partial charge in [-0.3, -0.25) is 14.5 Å². The summed E-state index contributed by atoms with van der Waals surface area (Å²) >= 11 is 1.43. The quantitative estimate of drug-likeness (QED) is 0.594. The lowest BCUT2D eigenvalue weighted by atomic mass is 9.87. The molecule has 2 heterocycles. The number of fused-ring (bicyclic) bond motifs is 1. The summed E-state index contributed by atoms with van der Waals surface area (Å²) in [6.07, 6.45) is 0. The molecule has 1 aliphatic rings. The van der Waals surface area contributed by atoms with Crippen LogP contribution in [0.15, 0.2) is 48.5 Å². The first-order chi connectivity index (χ1) is 16.1. The number of thioether (sulfide) groups is 1. The van der Waals surface area contributed by atoms with Crippen molar-refractivity contribution in [3.8, 4) is 11.4 Å². The second-order valence-corrected chi connectivity index (χ2v) is 10.2. The fourth-order valence-corrected chi connectivity index (χ4v) is 5.23. The Morgan fingerprint density at radius 3 is 2.38 bits per heavy atom. The van der Waals surface area contributed by atoms with E-state index in [2.05, 4.69) is 0 Å². The first kappa shape index (κ1) is 23.8. The molecule has 1 unspecified atom stereocenters. The van der Waals surface area contributed by atoms with Crippen molar-refractivity contribution in [1.82, 2.24) is 9.78 Å². The van der Waals surface area contributed by atoms with Gasteiger partial charge in [-0.2, -0.15) is 5.10 Å². The molecule has 3 aromatic rings. The highest BCUT2D eigenvalue weighted by atomic mass is 32.2. The Morgan fingerprint density at radius 1 is 1.18 bits per heavy atom. The van der Waals surface area contributed by atoms with E-state index in [9.17, 15) is 14.0 Å². The molecule has 9 heteroatoms. The first-order valence-electron chi connectivity index (χ1n) is 10.8. The predicted octanol–water partition coefficient (Wildman–Crippen LogP) is 3.97. The molecule has 1 aromatic heterocycles. The number of nitrogens with two attached hydrogens (primary N) is 1. The summed E-state index contributed by atoms with van der Waals surface area (Å²) in [6, 6.07) is 13.6. The van der Waals surface area contributed by atoms with E-state index in [1.807, 2.05) is 45.0 Å². The molecule has 7 nitrogen and oxygen atoms in total. The number of halogens is 1. The molecule has 0 saturated carbocycles. The van der Waals surface area contributed by atoms with E-state index >= 15 is 0 Å². The molecule has 0 radical (unpaired) electrons. The lowest BCUT2D eigenvalue weighted by Crippen LogP contribution is -2.40. The Morgan fingerprint density at radius 2 is 1.82 bits per heavy atom. The molecular formula is C25H27FN4O3S. The Kier molecular flexibility index (Phi) is 6.40. The third-order valence-electron chi connectivity index (χ3n) is 5.60. The number of anilines is 1. The molecule has 4 rings (SSSR count).